The van der Waals surface area contributed by atoms with E-state index in [1.165, 1.54) is 0 Å². The van der Waals surface area contributed by atoms with Crippen molar-refractivity contribution >= 4 is 11.6 Å². The lowest BCUT2D eigenvalue weighted by atomic mass is 10.1. The van der Waals surface area contributed by atoms with Gasteiger partial charge in [-0.1, -0.05) is 19.9 Å². The molecule has 0 atom stereocenters. The molecular weight excluding hydrogens is 252 g/mol. The van der Waals surface area contributed by atoms with Crippen molar-refractivity contribution in [2.45, 2.75) is 26.8 Å². The molecule has 3 aromatic heterocycles. The molecule has 0 saturated carbocycles. The predicted octanol–water partition coefficient (Wildman–Crippen LogP) is 2.26. The first kappa shape index (κ1) is 12.7. The maximum Gasteiger partial charge on any atom is 0.229 e. The van der Waals surface area contributed by atoms with Gasteiger partial charge in [0.25, 0.3) is 0 Å². The van der Waals surface area contributed by atoms with E-state index >= 15 is 0 Å². The molecule has 0 aliphatic heterocycles. The molecule has 0 unspecified atom stereocenters. The number of pyridine rings is 1. The lowest BCUT2D eigenvalue weighted by Crippen LogP contribution is -2.03. The molecule has 3 heterocycles. The minimum absolute atomic E-state index is 0.611. The number of rotatable bonds is 5. The summed E-state index contributed by atoms with van der Waals surface area (Å²) in [5, 5.41) is 18.9. The van der Waals surface area contributed by atoms with Crippen LogP contribution in [-0.2, 0) is 13.0 Å². The van der Waals surface area contributed by atoms with E-state index in [0.717, 1.165) is 29.4 Å². The Balaban J connectivity index is 1.68. The first-order valence-corrected chi connectivity index (χ1v) is 6.79. The van der Waals surface area contributed by atoms with Gasteiger partial charge in [-0.2, -0.15) is 5.10 Å². The fraction of sp³-hybridized carbons (Fsp3) is 0.357. The monoisotopic (exact) mass is 270 g/mol. The van der Waals surface area contributed by atoms with Gasteiger partial charge in [-0.25, -0.2) is 0 Å². The number of aromatic nitrogens is 5. The topological polar surface area (TPSA) is 70.9 Å². The highest BCUT2D eigenvalue weighted by Gasteiger charge is 2.06. The normalized spacial score (nSPS) is 11.3. The zero-order valence-electron chi connectivity index (χ0n) is 11.7. The van der Waals surface area contributed by atoms with Gasteiger partial charge >= 0.3 is 0 Å². The van der Waals surface area contributed by atoms with E-state index in [1.807, 2.05) is 28.8 Å². The minimum atomic E-state index is 0.611. The van der Waals surface area contributed by atoms with Crippen molar-refractivity contribution in [3.63, 3.8) is 0 Å². The Labute approximate surface area is 117 Å². The third-order valence-corrected chi connectivity index (χ3v) is 3.05. The Bertz CT molecular complexity index is 696. The molecule has 104 valence electrons. The van der Waals surface area contributed by atoms with Crippen LogP contribution < -0.4 is 5.32 Å². The summed E-state index contributed by atoms with van der Waals surface area (Å²) in [5.74, 6) is 1.35. The van der Waals surface area contributed by atoms with Crippen LogP contribution in [0.4, 0.5) is 5.95 Å². The van der Waals surface area contributed by atoms with Crippen LogP contribution in [0.5, 0.6) is 0 Å². The largest absolute Gasteiger partial charge is 0.348 e. The van der Waals surface area contributed by atoms with E-state index in [4.69, 9.17) is 0 Å². The summed E-state index contributed by atoms with van der Waals surface area (Å²) in [7, 11) is 0. The van der Waals surface area contributed by atoms with Crippen molar-refractivity contribution in [3.05, 3.63) is 41.9 Å². The van der Waals surface area contributed by atoms with Gasteiger partial charge in [0, 0.05) is 6.20 Å². The van der Waals surface area contributed by atoms with E-state index in [-0.39, 0.29) is 0 Å². The number of H-pyrrole nitrogens is 1. The van der Waals surface area contributed by atoms with E-state index in [9.17, 15) is 0 Å². The van der Waals surface area contributed by atoms with Crippen LogP contribution in [0, 0.1) is 5.92 Å². The average Bonchev–Trinajstić information content (AvgIpc) is 3.02. The summed E-state index contributed by atoms with van der Waals surface area (Å²) < 4.78 is 1.92. The van der Waals surface area contributed by atoms with E-state index < -0.39 is 0 Å². The second kappa shape index (κ2) is 5.32. The quantitative estimate of drug-likeness (QED) is 0.746. The van der Waals surface area contributed by atoms with Gasteiger partial charge in [0.05, 0.1) is 17.9 Å². The smallest absolute Gasteiger partial charge is 0.229 e. The molecule has 0 radical (unpaired) electrons. The van der Waals surface area contributed by atoms with Crippen LogP contribution in [0.15, 0.2) is 30.5 Å². The molecule has 0 amide bonds. The summed E-state index contributed by atoms with van der Waals surface area (Å²) in [5.41, 5.74) is 2.98. The molecule has 0 bridgehead atoms. The summed E-state index contributed by atoms with van der Waals surface area (Å²) in [6, 6.07) is 7.92. The summed E-state index contributed by atoms with van der Waals surface area (Å²) in [4.78, 5) is 0. The van der Waals surface area contributed by atoms with Gasteiger partial charge in [-0.15, -0.1) is 10.2 Å². The fourth-order valence-corrected chi connectivity index (χ4v) is 2.16. The van der Waals surface area contributed by atoms with Crippen molar-refractivity contribution < 1.29 is 0 Å². The van der Waals surface area contributed by atoms with Crippen molar-refractivity contribution in [2.24, 2.45) is 5.92 Å². The van der Waals surface area contributed by atoms with Gasteiger partial charge in [0.2, 0.25) is 5.95 Å². The zero-order chi connectivity index (χ0) is 13.9. The molecular formula is C14H18N6. The van der Waals surface area contributed by atoms with Crippen molar-refractivity contribution in [2.75, 3.05) is 5.32 Å². The van der Waals surface area contributed by atoms with Gasteiger partial charge < -0.3 is 5.32 Å². The molecule has 3 aromatic rings. The number of nitrogens with one attached hydrogen (secondary N) is 2. The van der Waals surface area contributed by atoms with Crippen molar-refractivity contribution in [3.8, 4) is 0 Å². The number of hydrogen-bond acceptors (Lipinski definition) is 4. The van der Waals surface area contributed by atoms with Crippen LogP contribution in [0.3, 0.4) is 0 Å². The number of aromatic amines is 1. The van der Waals surface area contributed by atoms with Crippen LogP contribution in [-0.4, -0.2) is 24.8 Å². The lowest BCUT2D eigenvalue weighted by Gasteiger charge is -2.02. The van der Waals surface area contributed by atoms with Crippen LogP contribution in [0.1, 0.15) is 25.2 Å². The van der Waals surface area contributed by atoms with Gasteiger partial charge in [-0.05, 0) is 30.5 Å². The number of nitrogens with zero attached hydrogens (tertiary/aromatic N) is 4. The Morgan fingerprint density at radius 1 is 1.30 bits per heavy atom. The third kappa shape index (κ3) is 2.64. The fourth-order valence-electron chi connectivity index (χ4n) is 2.16. The molecule has 0 aliphatic rings. The Morgan fingerprint density at radius 3 is 3.05 bits per heavy atom. The molecule has 2 N–H and O–H groups in total. The predicted molar refractivity (Wildman–Crippen MR) is 77.4 cm³/mol. The Hall–Kier alpha value is -2.37. The highest BCUT2D eigenvalue weighted by molar-refractivity contribution is 5.44. The number of anilines is 1. The third-order valence-electron chi connectivity index (χ3n) is 3.05. The van der Waals surface area contributed by atoms with Gasteiger partial charge in [0.15, 0.2) is 5.65 Å². The molecule has 0 aliphatic carbocycles. The van der Waals surface area contributed by atoms with Gasteiger partial charge in [0.1, 0.15) is 0 Å². The SMILES string of the molecule is CC(C)Cc1cc(CNc2nnc3ccccn23)[nH]n1. The average molecular weight is 270 g/mol. The second-order valence-electron chi connectivity index (χ2n) is 5.29. The molecule has 6 heteroatoms. The van der Waals surface area contributed by atoms with E-state index in [2.05, 4.69) is 45.6 Å². The standard InChI is InChI=1S/C14H18N6/c1-10(2)7-11-8-12(17-16-11)9-15-14-19-18-13-5-3-4-6-20(13)14/h3-6,8,10H,7,9H2,1-2H3,(H,15,19)(H,16,17). The molecule has 0 saturated heterocycles. The maximum absolute atomic E-state index is 4.31. The maximum atomic E-state index is 4.31. The molecule has 0 aromatic carbocycles. The molecule has 0 fully saturated rings. The highest BCUT2D eigenvalue weighted by atomic mass is 15.3. The highest BCUT2D eigenvalue weighted by Crippen LogP contribution is 2.10. The number of fused-ring (bicyclic) bond motifs is 1. The Morgan fingerprint density at radius 2 is 2.20 bits per heavy atom. The van der Waals surface area contributed by atoms with Crippen LogP contribution in [0.2, 0.25) is 0 Å². The van der Waals surface area contributed by atoms with Crippen molar-refractivity contribution in [1.29, 1.82) is 0 Å². The first-order chi connectivity index (χ1) is 9.72. The van der Waals surface area contributed by atoms with E-state index in [0.29, 0.717) is 12.5 Å². The lowest BCUT2D eigenvalue weighted by molar-refractivity contribution is 0.633. The Kier molecular flexibility index (Phi) is 3.37. The van der Waals surface area contributed by atoms with Gasteiger partial charge in [-0.3, -0.25) is 9.50 Å². The number of hydrogen-bond donors (Lipinski definition) is 2. The molecule has 20 heavy (non-hydrogen) atoms. The van der Waals surface area contributed by atoms with Crippen LogP contribution >= 0.6 is 0 Å². The zero-order valence-corrected chi connectivity index (χ0v) is 11.7. The summed E-state index contributed by atoms with van der Waals surface area (Å²) in [6.07, 6.45) is 2.93. The molecule has 6 nitrogen and oxygen atoms in total. The molecule has 3 rings (SSSR count). The second-order valence-corrected chi connectivity index (χ2v) is 5.29. The summed E-state index contributed by atoms with van der Waals surface area (Å²) >= 11 is 0. The van der Waals surface area contributed by atoms with Crippen molar-refractivity contribution in [1.82, 2.24) is 24.8 Å². The minimum Gasteiger partial charge on any atom is -0.348 e. The summed E-state index contributed by atoms with van der Waals surface area (Å²) in [6.45, 7) is 5.03. The van der Waals surface area contributed by atoms with Crippen LogP contribution in [0.25, 0.3) is 5.65 Å². The molecule has 0 spiro atoms. The first-order valence-electron chi connectivity index (χ1n) is 6.79. The van der Waals surface area contributed by atoms with E-state index in [1.54, 1.807) is 0 Å².